The summed E-state index contributed by atoms with van der Waals surface area (Å²) in [4.78, 5) is 14.5. The first kappa shape index (κ1) is 22.1. The first-order valence-electron chi connectivity index (χ1n) is 9.37. The van der Waals surface area contributed by atoms with Gasteiger partial charge >= 0.3 is 0 Å². The summed E-state index contributed by atoms with van der Waals surface area (Å²) in [6, 6.07) is 13.0. The lowest BCUT2D eigenvalue weighted by Gasteiger charge is -2.32. The number of benzene rings is 2. The van der Waals surface area contributed by atoms with Crippen molar-refractivity contribution >= 4 is 44.8 Å². The van der Waals surface area contributed by atoms with E-state index in [1.54, 1.807) is 36.4 Å². The second-order valence-corrected chi connectivity index (χ2v) is 9.58. The molecule has 3 rings (SSSR count). The number of amides is 1. The zero-order valence-corrected chi connectivity index (χ0v) is 18.1. The summed E-state index contributed by atoms with van der Waals surface area (Å²) in [5.41, 5.74) is 0.717. The summed E-state index contributed by atoms with van der Waals surface area (Å²) in [5.74, 6) is -0.0575. The summed E-state index contributed by atoms with van der Waals surface area (Å²) < 4.78 is 27.7. The number of carbonyl (C=O) groups is 1. The zero-order chi connectivity index (χ0) is 20.9. The molecule has 1 aliphatic heterocycles. The highest BCUT2D eigenvalue weighted by Gasteiger charge is 2.24. The fourth-order valence-electron chi connectivity index (χ4n) is 3.19. The van der Waals surface area contributed by atoms with Crippen molar-refractivity contribution in [2.45, 2.75) is 30.2 Å². The average Bonchev–Trinajstić information content (AvgIpc) is 2.69. The van der Waals surface area contributed by atoms with Gasteiger partial charge in [0.1, 0.15) is 0 Å². The van der Waals surface area contributed by atoms with Crippen molar-refractivity contribution in [3.63, 3.8) is 0 Å². The summed E-state index contributed by atoms with van der Waals surface area (Å²) in [6.07, 6.45) is 1.78. The molecule has 1 fully saturated rings. The highest BCUT2D eigenvalue weighted by molar-refractivity contribution is 7.89. The van der Waals surface area contributed by atoms with Crippen LogP contribution < -0.4 is 10.0 Å². The lowest BCUT2D eigenvalue weighted by Crippen LogP contribution is -2.45. The maximum atomic E-state index is 12.5. The summed E-state index contributed by atoms with van der Waals surface area (Å²) in [6.45, 7) is 2.11. The number of hydrogen-bond acceptors (Lipinski definition) is 4. The minimum atomic E-state index is -3.56. The SMILES string of the molecule is O=C(CCN1CCC(NS(=O)(=O)c2ccc(Cl)cc2)CC1)Nc1ccc(Cl)cc1. The third kappa shape index (κ3) is 6.69. The van der Waals surface area contributed by atoms with E-state index in [2.05, 4.69) is 14.9 Å². The molecule has 1 saturated heterocycles. The second-order valence-electron chi connectivity index (χ2n) is 7.00. The molecule has 0 saturated carbocycles. The van der Waals surface area contributed by atoms with Crippen LogP contribution in [0.4, 0.5) is 5.69 Å². The maximum absolute atomic E-state index is 12.5. The predicted molar refractivity (Wildman–Crippen MR) is 116 cm³/mol. The first-order chi connectivity index (χ1) is 13.8. The minimum absolute atomic E-state index is 0.0575. The Morgan fingerprint density at radius 2 is 1.52 bits per heavy atom. The van der Waals surface area contributed by atoms with E-state index in [-0.39, 0.29) is 16.8 Å². The van der Waals surface area contributed by atoms with Crippen LogP contribution in [0.15, 0.2) is 53.4 Å². The number of rotatable bonds is 7. The number of carbonyl (C=O) groups excluding carboxylic acids is 1. The smallest absolute Gasteiger partial charge is 0.240 e. The number of piperidine rings is 1. The lowest BCUT2D eigenvalue weighted by molar-refractivity contribution is -0.116. The van der Waals surface area contributed by atoms with Crippen LogP contribution in [0.3, 0.4) is 0 Å². The van der Waals surface area contributed by atoms with E-state index in [1.165, 1.54) is 12.1 Å². The van der Waals surface area contributed by atoms with Gasteiger partial charge in [0.15, 0.2) is 0 Å². The molecule has 9 heteroatoms. The molecule has 1 aliphatic rings. The molecule has 29 heavy (non-hydrogen) atoms. The van der Waals surface area contributed by atoms with Gasteiger partial charge in [-0.3, -0.25) is 4.79 Å². The Morgan fingerprint density at radius 3 is 2.10 bits per heavy atom. The molecular formula is C20H23Cl2N3O3S. The van der Waals surface area contributed by atoms with Gasteiger partial charge in [-0.05, 0) is 74.5 Å². The molecule has 156 valence electrons. The van der Waals surface area contributed by atoms with Gasteiger partial charge in [0, 0.05) is 34.7 Å². The van der Waals surface area contributed by atoms with E-state index < -0.39 is 10.0 Å². The highest BCUT2D eigenvalue weighted by atomic mass is 35.5. The quantitative estimate of drug-likeness (QED) is 0.665. The normalized spacial score (nSPS) is 15.9. The molecule has 2 aromatic rings. The largest absolute Gasteiger partial charge is 0.326 e. The zero-order valence-electron chi connectivity index (χ0n) is 15.8. The molecule has 0 aliphatic carbocycles. The van der Waals surface area contributed by atoms with Gasteiger partial charge in [0.25, 0.3) is 0 Å². The van der Waals surface area contributed by atoms with Crippen LogP contribution in [0, 0.1) is 0 Å². The number of nitrogens with one attached hydrogen (secondary N) is 2. The molecule has 0 unspecified atom stereocenters. The third-order valence-electron chi connectivity index (χ3n) is 4.82. The van der Waals surface area contributed by atoms with Gasteiger partial charge in [-0.25, -0.2) is 13.1 Å². The number of anilines is 1. The van der Waals surface area contributed by atoms with Gasteiger partial charge < -0.3 is 10.2 Å². The Morgan fingerprint density at radius 1 is 0.966 bits per heavy atom. The van der Waals surface area contributed by atoms with Crippen molar-refractivity contribution in [1.29, 1.82) is 0 Å². The number of halogens is 2. The maximum Gasteiger partial charge on any atom is 0.240 e. The van der Waals surface area contributed by atoms with E-state index in [1.807, 2.05) is 0 Å². The molecule has 0 spiro atoms. The molecule has 6 nitrogen and oxygen atoms in total. The summed E-state index contributed by atoms with van der Waals surface area (Å²) in [5, 5.41) is 3.97. The Balaban J connectivity index is 1.41. The molecule has 1 amide bonds. The van der Waals surface area contributed by atoms with Gasteiger partial charge in [0.05, 0.1) is 4.90 Å². The Kier molecular flexibility index (Phi) is 7.54. The van der Waals surface area contributed by atoms with Crippen LogP contribution in [0.25, 0.3) is 0 Å². The first-order valence-corrected chi connectivity index (χ1v) is 11.6. The molecule has 0 atom stereocenters. The second kappa shape index (κ2) is 9.91. The Bertz CT molecular complexity index is 926. The van der Waals surface area contributed by atoms with E-state index in [0.717, 1.165) is 18.8 Å². The van der Waals surface area contributed by atoms with Gasteiger partial charge in [0.2, 0.25) is 15.9 Å². The van der Waals surface area contributed by atoms with Gasteiger partial charge in [-0.1, -0.05) is 23.2 Å². The Labute approximate surface area is 181 Å². The molecule has 1 heterocycles. The Hall–Kier alpha value is -1.64. The minimum Gasteiger partial charge on any atom is -0.326 e. The summed E-state index contributed by atoms with van der Waals surface area (Å²) >= 11 is 11.7. The molecule has 2 aromatic carbocycles. The van der Waals surface area contributed by atoms with E-state index in [0.29, 0.717) is 35.9 Å². The molecule has 0 radical (unpaired) electrons. The van der Waals surface area contributed by atoms with Crippen LogP contribution in [-0.4, -0.2) is 44.9 Å². The molecule has 2 N–H and O–H groups in total. The topological polar surface area (TPSA) is 78.5 Å². The van der Waals surface area contributed by atoms with Crippen LogP contribution in [0.2, 0.25) is 10.0 Å². The number of sulfonamides is 1. The number of likely N-dealkylation sites (tertiary alicyclic amines) is 1. The van der Waals surface area contributed by atoms with Crippen molar-refractivity contribution in [1.82, 2.24) is 9.62 Å². The molecular weight excluding hydrogens is 433 g/mol. The van der Waals surface area contributed by atoms with Crippen molar-refractivity contribution in [3.8, 4) is 0 Å². The molecule has 0 bridgehead atoms. The monoisotopic (exact) mass is 455 g/mol. The van der Waals surface area contributed by atoms with Crippen molar-refractivity contribution in [3.05, 3.63) is 58.6 Å². The van der Waals surface area contributed by atoms with Crippen LogP contribution in [0.5, 0.6) is 0 Å². The van der Waals surface area contributed by atoms with Crippen molar-refractivity contribution in [2.24, 2.45) is 0 Å². The third-order valence-corrected chi connectivity index (χ3v) is 6.86. The van der Waals surface area contributed by atoms with Crippen molar-refractivity contribution < 1.29 is 13.2 Å². The summed E-state index contributed by atoms with van der Waals surface area (Å²) in [7, 11) is -3.56. The fourth-order valence-corrected chi connectivity index (χ4v) is 4.75. The number of hydrogen-bond donors (Lipinski definition) is 2. The average molecular weight is 456 g/mol. The lowest BCUT2D eigenvalue weighted by atomic mass is 10.1. The van der Waals surface area contributed by atoms with Crippen LogP contribution in [0.1, 0.15) is 19.3 Å². The van der Waals surface area contributed by atoms with Crippen LogP contribution in [-0.2, 0) is 14.8 Å². The van der Waals surface area contributed by atoms with E-state index in [9.17, 15) is 13.2 Å². The fraction of sp³-hybridized carbons (Fsp3) is 0.350. The van der Waals surface area contributed by atoms with E-state index >= 15 is 0 Å². The number of nitrogens with zero attached hydrogens (tertiary/aromatic N) is 1. The van der Waals surface area contributed by atoms with Gasteiger partial charge in [-0.15, -0.1) is 0 Å². The van der Waals surface area contributed by atoms with Crippen LogP contribution >= 0.6 is 23.2 Å². The molecule has 0 aromatic heterocycles. The van der Waals surface area contributed by atoms with E-state index in [4.69, 9.17) is 23.2 Å². The standard InChI is InChI=1S/C20H23Cl2N3O3S/c21-15-1-5-17(6-2-15)23-20(26)11-14-25-12-9-18(10-13-25)24-29(27,28)19-7-3-16(22)4-8-19/h1-8,18,24H,9-14H2,(H,23,26). The van der Waals surface area contributed by atoms with Gasteiger partial charge in [-0.2, -0.15) is 0 Å². The predicted octanol–water partition coefficient (Wildman–Crippen LogP) is 3.76. The van der Waals surface area contributed by atoms with Crippen molar-refractivity contribution in [2.75, 3.05) is 25.0 Å². The highest BCUT2D eigenvalue weighted by Crippen LogP contribution is 2.18.